The molecule has 5 nitrogen and oxygen atoms in total. The van der Waals surface area contributed by atoms with E-state index in [4.69, 9.17) is 21.1 Å². The maximum Gasteiger partial charge on any atom is 0.270 e. The first kappa shape index (κ1) is 14.8. The van der Waals surface area contributed by atoms with Gasteiger partial charge in [-0.1, -0.05) is 23.7 Å². The van der Waals surface area contributed by atoms with E-state index in [1.807, 2.05) is 24.3 Å². The molecular weight excluding hydrogens is 304 g/mol. The number of aryl methyl sites for hydroxylation is 1. The van der Waals surface area contributed by atoms with Crippen LogP contribution >= 0.6 is 11.6 Å². The molecule has 22 heavy (non-hydrogen) atoms. The number of fused-ring (bicyclic) bond motifs is 1. The smallest absolute Gasteiger partial charge is 0.270 e. The minimum absolute atomic E-state index is 0.100. The van der Waals surface area contributed by atoms with Gasteiger partial charge < -0.3 is 18.9 Å². The predicted octanol–water partition coefficient (Wildman–Crippen LogP) is 2.59. The molecule has 0 saturated heterocycles. The van der Waals surface area contributed by atoms with E-state index in [-0.39, 0.29) is 12.0 Å². The summed E-state index contributed by atoms with van der Waals surface area (Å²) in [5.41, 5.74) is 0.546. The van der Waals surface area contributed by atoms with Gasteiger partial charge in [-0.25, -0.2) is 0 Å². The molecule has 0 radical (unpaired) electrons. The Kier molecular flexibility index (Phi) is 3.98. The molecule has 1 amide bonds. The lowest BCUT2D eigenvalue weighted by molar-refractivity contribution is 0.0515. The molecule has 1 unspecified atom stereocenters. The van der Waals surface area contributed by atoms with E-state index in [2.05, 4.69) is 0 Å². The molecular formula is C16H17ClN2O3. The van der Waals surface area contributed by atoms with Crippen LogP contribution in [0.25, 0.3) is 0 Å². The van der Waals surface area contributed by atoms with E-state index >= 15 is 0 Å². The molecule has 0 bridgehead atoms. The molecule has 3 rings (SSSR count). The molecule has 1 aromatic heterocycles. The summed E-state index contributed by atoms with van der Waals surface area (Å²) in [6.45, 7) is 0.860. The number of para-hydroxylation sites is 2. The average molecular weight is 321 g/mol. The van der Waals surface area contributed by atoms with Crippen LogP contribution in [-0.2, 0) is 7.05 Å². The van der Waals surface area contributed by atoms with Crippen molar-refractivity contribution in [2.75, 3.05) is 20.2 Å². The molecule has 0 N–H and O–H groups in total. The van der Waals surface area contributed by atoms with Crippen molar-refractivity contribution in [2.45, 2.75) is 6.10 Å². The molecule has 0 saturated carbocycles. The van der Waals surface area contributed by atoms with Gasteiger partial charge in [0.2, 0.25) is 0 Å². The van der Waals surface area contributed by atoms with E-state index in [0.717, 1.165) is 5.75 Å². The lowest BCUT2D eigenvalue weighted by atomic mass is 10.2. The van der Waals surface area contributed by atoms with Gasteiger partial charge in [-0.05, 0) is 18.2 Å². The second kappa shape index (κ2) is 5.93. The van der Waals surface area contributed by atoms with Crippen LogP contribution in [0.3, 0.4) is 0 Å². The number of rotatable bonds is 3. The van der Waals surface area contributed by atoms with Crippen molar-refractivity contribution in [3.63, 3.8) is 0 Å². The molecule has 0 spiro atoms. The van der Waals surface area contributed by atoms with Gasteiger partial charge in [0.15, 0.2) is 17.6 Å². The fraction of sp³-hybridized carbons (Fsp3) is 0.312. The number of carbonyl (C=O) groups is 1. The molecule has 1 atom stereocenters. The zero-order chi connectivity index (χ0) is 15.7. The zero-order valence-electron chi connectivity index (χ0n) is 12.5. The van der Waals surface area contributed by atoms with Crippen molar-refractivity contribution in [3.8, 4) is 11.5 Å². The van der Waals surface area contributed by atoms with E-state index in [1.165, 1.54) is 0 Å². The number of nitrogens with zero attached hydrogens (tertiary/aromatic N) is 2. The highest BCUT2D eigenvalue weighted by atomic mass is 35.5. The summed E-state index contributed by atoms with van der Waals surface area (Å²) in [7, 11) is 3.54. The van der Waals surface area contributed by atoms with E-state index in [1.54, 1.807) is 35.8 Å². The largest absolute Gasteiger partial charge is 0.486 e. The van der Waals surface area contributed by atoms with Crippen molar-refractivity contribution < 1.29 is 14.3 Å². The number of benzene rings is 1. The topological polar surface area (TPSA) is 43.7 Å². The molecule has 0 fully saturated rings. The van der Waals surface area contributed by atoms with E-state index < -0.39 is 0 Å². The fourth-order valence-corrected chi connectivity index (χ4v) is 2.72. The van der Waals surface area contributed by atoms with Crippen LogP contribution in [0.5, 0.6) is 11.5 Å². The van der Waals surface area contributed by atoms with Crippen molar-refractivity contribution in [3.05, 3.63) is 47.2 Å². The van der Waals surface area contributed by atoms with Crippen molar-refractivity contribution >= 4 is 17.5 Å². The Hall–Kier alpha value is -2.14. The first-order chi connectivity index (χ1) is 10.5. The first-order valence-corrected chi connectivity index (χ1v) is 7.38. The Labute approximate surface area is 134 Å². The summed E-state index contributed by atoms with van der Waals surface area (Å²) in [6.07, 6.45) is 1.51. The zero-order valence-corrected chi connectivity index (χ0v) is 13.2. The number of amides is 1. The quantitative estimate of drug-likeness (QED) is 0.873. The van der Waals surface area contributed by atoms with Crippen molar-refractivity contribution in [1.29, 1.82) is 0 Å². The number of halogens is 1. The molecule has 0 aliphatic carbocycles. The number of aromatic nitrogens is 1. The van der Waals surface area contributed by atoms with Gasteiger partial charge in [0.1, 0.15) is 12.3 Å². The number of carbonyl (C=O) groups excluding carboxylic acids is 1. The number of hydrogen-bond donors (Lipinski definition) is 0. The van der Waals surface area contributed by atoms with Crippen molar-refractivity contribution in [1.82, 2.24) is 9.47 Å². The summed E-state index contributed by atoms with van der Waals surface area (Å²) >= 11 is 5.93. The molecule has 6 heteroatoms. The highest BCUT2D eigenvalue weighted by Gasteiger charge is 2.25. The van der Waals surface area contributed by atoms with Crippen LogP contribution in [0.1, 0.15) is 10.5 Å². The van der Waals surface area contributed by atoms with Crippen LogP contribution < -0.4 is 9.47 Å². The van der Waals surface area contributed by atoms with Gasteiger partial charge in [0.05, 0.1) is 11.6 Å². The highest BCUT2D eigenvalue weighted by molar-refractivity contribution is 6.31. The van der Waals surface area contributed by atoms with Crippen molar-refractivity contribution in [2.24, 2.45) is 7.05 Å². The standard InChI is InChI=1S/C16H17ClN2O3/c1-18-8-11(17)7-13(18)16(20)19(2)9-12-10-21-14-5-3-4-6-15(14)22-12/h3-8,12H,9-10H2,1-2H3. The molecule has 1 aromatic carbocycles. The summed E-state index contributed by atoms with van der Waals surface area (Å²) in [5.74, 6) is 1.35. The summed E-state index contributed by atoms with van der Waals surface area (Å²) < 4.78 is 13.3. The Balaban J connectivity index is 1.66. The third-order valence-electron chi connectivity index (χ3n) is 3.58. The Bertz CT molecular complexity index is 698. The van der Waals surface area contributed by atoms with Crippen LogP contribution in [0.2, 0.25) is 5.02 Å². The van der Waals surface area contributed by atoms with Crippen LogP contribution in [0.4, 0.5) is 0 Å². The lowest BCUT2D eigenvalue weighted by Gasteiger charge is -2.29. The predicted molar refractivity (Wildman–Crippen MR) is 83.7 cm³/mol. The molecule has 2 heterocycles. The molecule has 116 valence electrons. The highest BCUT2D eigenvalue weighted by Crippen LogP contribution is 2.31. The summed E-state index contributed by atoms with van der Waals surface area (Å²) in [5, 5.41) is 0.547. The third kappa shape index (κ3) is 2.90. The van der Waals surface area contributed by atoms with E-state index in [0.29, 0.717) is 29.6 Å². The second-order valence-electron chi connectivity index (χ2n) is 5.34. The SMILES string of the molecule is CN(CC1COc2ccccc2O1)C(=O)c1cc(Cl)cn1C. The molecule has 1 aliphatic heterocycles. The number of likely N-dealkylation sites (N-methyl/N-ethyl adjacent to an activating group) is 1. The Morgan fingerprint density at radius 3 is 2.82 bits per heavy atom. The average Bonchev–Trinajstić information content (AvgIpc) is 2.85. The van der Waals surface area contributed by atoms with Crippen LogP contribution in [0.15, 0.2) is 36.5 Å². The van der Waals surface area contributed by atoms with Crippen LogP contribution in [-0.4, -0.2) is 41.7 Å². The van der Waals surface area contributed by atoms with Gasteiger partial charge in [0, 0.05) is 20.3 Å². The third-order valence-corrected chi connectivity index (χ3v) is 3.79. The molecule has 2 aromatic rings. The van der Waals surface area contributed by atoms with Gasteiger partial charge in [-0.2, -0.15) is 0 Å². The van der Waals surface area contributed by atoms with E-state index in [9.17, 15) is 4.79 Å². The first-order valence-electron chi connectivity index (χ1n) is 7.00. The van der Waals surface area contributed by atoms with Gasteiger partial charge in [-0.15, -0.1) is 0 Å². The maximum absolute atomic E-state index is 12.4. The van der Waals surface area contributed by atoms with Gasteiger partial charge >= 0.3 is 0 Å². The maximum atomic E-state index is 12.4. The summed E-state index contributed by atoms with van der Waals surface area (Å²) in [6, 6.07) is 9.18. The van der Waals surface area contributed by atoms with Gasteiger partial charge in [-0.3, -0.25) is 4.79 Å². The number of hydrogen-bond acceptors (Lipinski definition) is 3. The Morgan fingerprint density at radius 1 is 1.41 bits per heavy atom. The minimum Gasteiger partial charge on any atom is -0.486 e. The summed E-state index contributed by atoms with van der Waals surface area (Å²) in [4.78, 5) is 14.1. The normalized spacial score (nSPS) is 16.4. The van der Waals surface area contributed by atoms with Crippen LogP contribution in [0, 0.1) is 0 Å². The second-order valence-corrected chi connectivity index (χ2v) is 5.77. The number of ether oxygens (including phenoxy) is 2. The minimum atomic E-state index is -0.195. The Morgan fingerprint density at radius 2 is 2.14 bits per heavy atom. The molecule has 1 aliphatic rings. The fourth-order valence-electron chi connectivity index (χ4n) is 2.47. The van der Waals surface area contributed by atoms with Gasteiger partial charge in [0.25, 0.3) is 5.91 Å². The lowest BCUT2D eigenvalue weighted by Crippen LogP contribution is -2.42. The monoisotopic (exact) mass is 320 g/mol.